The Balaban J connectivity index is 1.65. The van der Waals surface area contributed by atoms with Gasteiger partial charge in [0.2, 0.25) is 0 Å². The van der Waals surface area contributed by atoms with Gasteiger partial charge in [-0.25, -0.2) is 0 Å². The molecule has 0 aromatic heterocycles. The van der Waals surface area contributed by atoms with E-state index in [2.05, 4.69) is 22.6 Å². The number of hydrogen-bond donors (Lipinski definition) is 0. The molecule has 1 heterocycles. The summed E-state index contributed by atoms with van der Waals surface area (Å²) in [7, 11) is 0. The summed E-state index contributed by atoms with van der Waals surface area (Å²) >= 11 is 2.20. The van der Waals surface area contributed by atoms with Crippen molar-refractivity contribution in [1.82, 2.24) is 4.90 Å². The van der Waals surface area contributed by atoms with E-state index in [1.54, 1.807) is 24.3 Å². The molecule has 0 saturated carbocycles. The van der Waals surface area contributed by atoms with Crippen LogP contribution in [0, 0.1) is 3.57 Å². The Labute approximate surface area is 135 Å². The number of hydrogen-bond acceptors (Lipinski definition) is 3. The van der Waals surface area contributed by atoms with Crippen LogP contribution in [-0.2, 0) is 0 Å². The molecule has 0 unspecified atom stereocenters. The Hall–Kier alpha value is -1.89. The standard InChI is InChI=1S/C16H12INO3/c17-11-4-3-5-12(10-11)21-9-8-18-15(19)13-6-1-2-7-14(13)16(18)20/h1-7,10H,8-9H2. The van der Waals surface area contributed by atoms with Crippen LogP contribution in [-0.4, -0.2) is 29.9 Å². The second kappa shape index (κ2) is 5.85. The SMILES string of the molecule is O=C1c2ccccc2C(=O)N1CCOc1cccc(I)c1. The molecule has 4 nitrogen and oxygen atoms in total. The van der Waals surface area contributed by atoms with E-state index in [0.29, 0.717) is 11.1 Å². The number of benzene rings is 2. The number of fused-ring (bicyclic) bond motifs is 1. The molecule has 5 heteroatoms. The van der Waals surface area contributed by atoms with Crippen molar-refractivity contribution >= 4 is 34.4 Å². The van der Waals surface area contributed by atoms with E-state index >= 15 is 0 Å². The maximum atomic E-state index is 12.2. The van der Waals surface area contributed by atoms with Crippen molar-refractivity contribution in [3.8, 4) is 5.75 Å². The Bertz CT molecular complexity index is 679. The van der Waals surface area contributed by atoms with Gasteiger partial charge in [0.15, 0.2) is 0 Å². The van der Waals surface area contributed by atoms with Crippen LogP contribution < -0.4 is 4.74 Å². The molecular weight excluding hydrogens is 381 g/mol. The Morgan fingerprint density at radius 2 is 1.62 bits per heavy atom. The highest BCUT2D eigenvalue weighted by Crippen LogP contribution is 2.22. The van der Waals surface area contributed by atoms with Gasteiger partial charge < -0.3 is 4.74 Å². The second-order valence-corrected chi connectivity index (χ2v) is 5.86. The smallest absolute Gasteiger partial charge is 0.261 e. The average Bonchev–Trinajstić information content (AvgIpc) is 2.73. The van der Waals surface area contributed by atoms with Gasteiger partial charge in [-0.05, 0) is 52.9 Å². The first-order chi connectivity index (χ1) is 10.2. The number of amides is 2. The maximum absolute atomic E-state index is 12.2. The van der Waals surface area contributed by atoms with E-state index in [4.69, 9.17) is 4.74 Å². The van der Waals surface area contributed by atoms with Crippen LogP contribution in [0.15, 0.2) is 48.5 Å². The molecule has 0 saturated heterocycles. The molecule has 0 bridgehead atoms. The minimum absolute atomic E-state index is 0.248. The molecule has 0 aliphatic carbocycles. The van der Waals surface area contributed by atoms with E-state index < -0.39 is 0 Å². The van der Waals surface area contributed by atoms with Gasteiger partial charge in [0.1, 0.15) is 12.4 Å². The second-order valence-electron chi connectivity index (χ2n) is 4.61. The highest BCUT2D eigenvalue weighted by atomic mass is 127. The van der Waals surface area contributed by atoms with Gasteiger partial charge in [0.25, 0.3) is 11.8 Å². The number of carbonyl (C=O) groups excluding carboxylic acids is 2. The van der Waals surface area contributed by atoms with Crippen LogP contribution in [0.5, 0.6) is 5.75 Å². The summed E-state index contributed by atoms with van der Waals surface area (Å²) in [6.45, 7) is 0.531. The third-order valence-corrected chi connectivity index (χ3v) is 3.93. The topological polar surface area (TPSA) is 46.6 Å². The number of ether oxygens (including phenoxy) is 1. The van der Waals surface area contributed by atoms with Crippen molar-refractivity contribution in [1.29, 1.82) is 0 Å². The summed E-state index contributed by atoms with van der Waals surface area (Å²) in [4.78, 5) is 25.5. The molecule has 0 N–H and O–H groups in total. The number of carbonyl (C=O) groups is 2. The predicted molar refractivity (Wildman–Crippen MR) is 86.5 cm³/mol. The molecule has 0 atom stereocenters. The maximum Gasteiger partial charge on any atom is 0.261 e. The molecule has 0 fully saturated rings. The van der Waals surface area contributed by atoms with Gasteiger partial charge in [0.05, 0.1) is 17.7 Å². The number of imide groups is 1. The zero-order chi connectivity index (χ0) is 14.8. The van der Waals surface area contributed by atoms with Crippen LogP contribution in [0.4, 0.5) is 0 Å². The van der Waals surface area contributed by atoms with Gasteiger partial charge in [-0.3, -0.25) is 14.5 Å². The van der Waals surface area contributed by atoms with Crippen molar-refractivity contribution in [2.45, 2.75) is 0 Å². The Kier molecular flexibility index (Phi) is 3.92. The molecule has 3 rings (SSSR count). The summed E-state index contributed by atoms with van der Waals surface area (Å²) in [6, 6.07) is 14.5. The molecular formula is C16H12INO3. The number of nitrogens with zero attached hydrogens (tertiary/aromatic N) is 1. The van der Waals surface area contributed by atoms with E-state index in [0.717, 1.165) is 9.32 Å². The lowest BCUT2D eigenvalue weighted by molar-refractivity contribution is 0.0631. The van der Waals surface area contributed by atoms with Crippen molar-refractivity contribution in [2.75, 3.05) is 13.2 Å². The zero-order valence-electron chi connectivity index (χ0n) is 11.1. The lowest BCUT2D eigenvalue weighted by Gasteiger charge is -2.14. The van der Waals surface area contributed by atoms with Crippen molar-refractivity contribution in [2.24, 2.45) is 0 Å². The van der Waals surface area contributed by atoms with E-state index in [1.807, 2.05) is 24.3 Å². The van der Waals surface area contributed by atoms with Gasteiger partial charge in [-0.15, -0.1) is 0 Å². The van der Waals surface area contributed by atoms with Crippen LogP contribution in [0.3, 0.4) is 0 Å². The first-order valence-electron chi connectivity index (χ1n) is 6.50. The van der Waals surface area contributed by atoms with Crippen LogP contribution in [0.2, 0.25) is 0 Å². The summed E-state index contributed by atoms with van der Waals surface area (Å²) in [5, 5.41) is 0. The van der Waals surface area contributed by atoms with Crippen LogP contribution >= 0.6 is 22.6 Å². The molecule has 0 spiro atoms. The monoisotopic (exact) mass is 393 g/mol. The lowest BCUT2D eigenvalue weighted by Crippen LogP contribution is -2.33. The molecule has 106 valence electrons. The quantitative estimate of drug-likeness (QED) is 0.593. The first-order valence-corrected chi connectivity index (χ1v) is 7.58. The third kappa shape index (κ3) is 2.78. The summed E-state index contributed by atoms with van der Waals surface area (Å²) in [6.07, 6.45) is 0. The van der Waals surface area contributed by atoms with Crippen molar-refractivity contribution < 1.29 is 14.3 Å². The molecule has 0 radical (unpaired) electrons. The fourth-order valence-corrected chi connectivity index (χ4v) is 2.77. The third-order valence-electron chi connectivity index (χ3n) is 3.26. The average molecular weight is 393 g/mol. The minimum Gasteiger partial charge on any atom is -0.492 e. The zero-order valence-corrected chi connectivity index (χ0v) is 13.2. The normalized spacial score (nSPS) is 13.5. The van der Waals surface area contributed by atoms with Crippen LogP contribution in [0.25, 0.3) is 0 Å². The van der Waals surface area contributed by atoms with Gasteiger partial charge in [-0.2, -0.15) is 0 Å². The van der Waals surface area contributed by atoms with Gasteiger partial charge in [0, 0.05) is 3.57 Å². The number of rotatable bonds is 4. The molecule has 1 aliphatic heterocycles. The van der Waals surface area contributed by atoms with Crippen LogP contribution in [0.1, 0.15) is 20.7 Å². The minimum atomic E-state index is -0.248. The highest BCUT2D eigenvalue weighted by Gasteiger charge is 2.34. The fourth-order valence-electron chi connectivity index (χ4n) is 2.25. The highest BCUT2D eigenvalue weighted by molar-refractivity contribution is 14.1. The number of halogens is 1. The van der Waals surface area contributed by atoms with E-state index in [1.165, 1.54) is 4.90 Å². The molecule has 1 aliphatic rings. The fraction of sp³-hybridized carbons (Fsp3) is 0.125. The van der Waals surface area contributed by atoms with E-state index in [-0.39, 0.29) is 25.0 Å². The predicted octanol–water partition coefficient (Wildman–Crippen LogP) is 2.97. The molecule has 2 aromatic carbocycles. The summed E-state index contributed by atoms with van der Waals surface area (Å²) < 4.78 is 6.67. The van der Waals surface area contributed by atoms with Crippen molar-refractivity contribution in [3.63, 3.8) is 0 Å². The lowest BCUT2D eigenvalue weighted by atomic mass is 10.1. The summed E-state index contributed by atoms with van der Waals surface area (Å²) in [5.41, 5.74) is 0.938. The Morgan fingerprint density at radius 3 is 2.24 bits per heavy atom. The molecule has 21 heavy (non-hydrogen) atoms. The molecule has 2 aromatic rings. The largest absolute Gasteiger partial charge is 0.492 e. The summed E-state index contributed by atoms with van der Waals surface area (Å²) in [5.74, 6) is 0.238. The van der Waals surface area contributed by atoms with E-state index in [9.17, 15) is 9.59 Å². The first kappa shape index (κ1) is 14.1. The van der Waals surface area contributed by atoms with Crippen molar-refractivity contribution in [3.05, 3.63) is 63.2 Å². The molecule has 2 amide bonds. The van der Waals surface area contributed by atoms with Gasteiger partial charge >= 0.3 is 0 Å². The van der Waals surface area contributed by atoms with Gasteiger partial charge in [-0.1, -0.05) is 18.2 Å². The Morgan fingerprint density at radius 1 is 0.952 bits per heavy atom.